The van der Waals surface area contributed by atoms with E-state index in [9.17, 15) is 19.8 Å². The van der Waals surface area contributed by atoms with Gasteiger partial charge < -0.3 is 19.7 Å². The minimum atomic E-state index is -1.37. The Morgan fingerprint density at radius 1 is 1.04 bits per heavy atom. The second kappa shape index (κ2) is 5.35. The normalized spacial score (nSPS) is 48.8. The Labute approximate surface area is 159 Å². The summed E-state index contributed by atoms with van der Waals surface area (Å²) in [5.74, 6) is -0.221. The largest absolute Gasteiger partial charge is 0.462 e. The number of ether oxygens (including phenoxy) is 2. The van der Waals surface area contributed by atoms with Gasteiger partial charge in [0.05, 0.1) is 22.7 Å². The van der Waals surface area contributed by atoms with Crippen LogP contribution in [0.2, 0.25) is 0 Å². The molecule has 0 aromatic rings. The molecule has 4 aliphatic rings. The van der Waals surface area contributed by atoms with Gasteiger partial charge in [-0.25, -0.2) is 0 Å². The monoisotopic (exact) mass is 378 g/mol. The summed E-state index contributed by atoms with van der Waals surface area (Å²) < 4.78 is 12.0. The molecule has 2 heterocycles. The summed E-state index contributed by atoms with van der Waals surface area (Å²) in [6.07, 6.45) is 0.406. The Bertz CT molecular complexity index is 754. The molecule has 6 atom stereocenters. The van der Waals surface area contributed by atoms with Crippen LogP contribution in [-0.2, 0) is 19.1 Å². The maximum absolute atomic E-state index is 13.2. The van der Waals surface area contributed by atoms with Crippen LogP contribution >= 0.6 is 0 Å². The summed E-state index contributed by atoms with van der Waals surface area (Å²) in [4.78, 5) is 25.9. The molecule has 6 heteroatoms. The number of carbonyl (C=O) groups excluding carboxylic acids is 2. The number of ketones is 2. The highest BCUT2D eigenvalue weighted by atomic mass is 16.7. The highest BCUT2D eigenvalue weighted by Crippen LogP contribution is 2.66. The van der Waals surface area contributed by atoms with Gasteiger partial charge in [0.25, 0.3) is 5.95 Å². The lowest BCUT2D eigenvalue weighted by molar-refractivity contribution is -0.283. The topological polar surface area (TPSA) is 93.1 Å². The van der Waals surface area contributed by atoms with Crippen LogP contribution in [0, 0.1) is 16.7 Å². The van der Waals surface area contributed by atoms with E-state index in [0.717, 1.165) is 0 Å². The molecular formula is C21H30O6. The fourth-order valence-electron chi connectivity index (χ4n) is 6.13. The van der Waals surface area contributed by atoms with E-state index in [2.05, 4.69) is 0 Å². The number of hydrogen-bond donors (Lipinski definition) is 2. The van der Waals surface area contributed by atoms with Gasteiger partial charge in [-0.05, 0) is 40.0 Å². The molecule has 2 aliphatic heterocycles. The average molecular weight is 378 g/mol. The third-order valence-corrected chi connectivity index (χ3v) is 8.23. The van der Waals surface area contributed by atoms with Gasteiger partial charge in [0.15, 0.2) is 5.78 Å². The van der Waals surface area contributed by atoms with E-state index in [0.29, 0.717) is 37.2 Å². The molecule has 27 heavy (non-hydrogen) atoms. The zero-order valence-electron chi connectivity index (χ0n) is 16.8. The van der Waals surface area contributed by atoms with E-state index >= 15 is 0 Å². The van der Waals surface area contributed by atoms with E-state index in [1.807, 2.05) is 27.7 Å². The molecule has 2 saturated carbocycles. The van der Waals surface area contributed by atoms with Crippen molar-refractivity contribution in [2.45, 2.75) is 90.1 Å². The van der Waals surface area contributed by atoms with Crippen molar-refractivity contribution >= 4 is 11.6 Å². The predicted molar refractivity (Wildman–Crippen MR) is 96.5 cm³/mol. The Morgan fingerprint density at radius 2 is 1.70 bits per heavy atom. The Balaban J connectivity index is 1.84. The standard InChI is InChI=1S/C21H30O6/c1-11-8-13(22)12-9-14-19(4,27-17(12)26-11)6-7-21(25)18(2,3)15(23)10-16(24)20(14,21)5/h11,14-15,23,25H,6-10H2,1-5H3/t11-,14+,15-,19-,20+,21+/m1/s1. The van der Waals surface area contributed by atoms with Gasteiger partial charge in [-0.1, -0.05) is 13.8 Å². The maximum atomic E-state index is 13.2. The molecule has 0 spiro atoms. The van der Waals surface area contributed by atoms with Crippen LogP contribution in [0.3, 0.4) is 0 Å². The van der Waals surface area contributed by atoms with Crippen molar-refractivity contribution in [1.82, 2.24) is 0 Å². The Hall–Kier alpha value is -1.40. The third kappa shape index (κ3) is 2.14. The Morgan fingerprint density at radius 3 is 2.37 bits per heavy atom. The number of rotatable bonds is 0. The molecule has 2 fully saturated rings. The summed E-state index contributed by atoms with van der Waals surface area (Å²) in [5, 5.41) is 22.4. The molecule has 4 rings (SSSR count). The summed E-state index contributed by atoms with van der Waals surface area (Å²) >= 11 is 0. The minimum absolute atomic E-state index is 0.00573. The molecule has 0 saturated heterocycles. The first kappa shape index (κ1) is 18.9. The highest BCUT2D eigenvalue weighted by Gasteiger charge is 2.73. The first-order valence-electron chi connectivity index (χ1n) is 9.92. The van der Waals surface area contributed by atoms with E-state index in [1.165, 1.54) is 0 Å². The van der Waals surface area contributed by atoms with Crippen molar-refractivity contribution < 1.29 is 29.3 Å². The average Bonchev–Trinajstić information content (AvgIpc) is 2.56. The molecule has 0 aromatic heterocycles. The van der Waals surface area contributed by atoms with Gasteiger partial charge in [0.2, 0.25) is 0 Å². The zero-order valence-corrected chi connectivity index (χ0v) is 16.8. The van der Waals surface area contributed by atoms with Crippen LogP contribution in [0.4, 0.5) is 0 Å². The van der Waals surface area contributed by atoms with Gasteiger partial charge >= 0.3 is 0 Å². The van der Waals surface area contributed by atoms with Crippen molar-refractivity contribution in [2.24, 2.45) is 16.7 Å². The lowest BCUT2D eigenvalue weighted by atomic mass is 9.41. The van der Waals surface area contributed by atoms with Crippen molar-refractivity contribution in [3.05, 3.63) is 11.5 Å². The number of aliphatic hydroxyl groups is 2. The number of Topliss-reactive ketones (excluding diaryl/α,β-unsaturated/α-hetero) is 2. The minimum Gasteiger partial charge on any atom is -0.462 e. The van der Waals surface area contributed by atoms with Crippen LogP contribution in [0.5, 0.6) is 0 Å². The van der Waals surface area contributed by atoms with E-state index in [-0.39, 0.29) is 30.0 Å². The molecule has 0 aromatic carbocycles. The summed E-state index contributed by atoms with van der Waals surface area (Å²) in [6.45, 7) is 9.25. The molecule has 150 valence electrons. The number of aliphatic hydroxyl groups excluding tert-OH is 1. The van der Waals surface area contributed by atoms with Gasteiger partial charge in [-0.2, -0.15) is 0 Å². The molecule has 0 amide bonds. The van der Waals surface area contributed by atoms with Crippen LogP contribution in [0.1, 0.15) is 66.7 Å². The van der Waals surface area contributed by atoms with Crippen molar-refractivity contribution in [1.29, 1.82) is 0 Å². The van der Waals surface area contributed by atoms with Crippen LogP contribution in [0.25, 0.3) is 0 Å². The summed E-state index contributed by atoms with van der Waals surface area (Å²) in [7, 11) is 0. The van der Waals surface area contributed by atoms with E-state index in [1.54, 1.807) is 6.92 Å². The molecule has 6 nitrogen and oxygen atoms in total. The first-order valence-corrected chi connectivity index (χ1v) is 9.92. The lowest BCUT2D eigenvalue weighted by Crippen LogP contribution is -2.75. The Kier molecular flexibility index (Phi) is 3.75. The van der Waals surface area contributed by atoms with Gasteiger partial charge in [-0.3, -0.25) is 9.59 Å². The third-order valence-electron chi connectivity index (χ3n) is 8.23. The van der Waals surface area contributed by atoms with Crippen LogP contribution < -0.4 is 0 Å². The SMILES string of the molecule is C[C@@H]1CC(=O)C2=C(O1)O[C@]1(C)CC[C@]3(O)C(C)(C)[C@H](O)CC(=O)[C@]3(C)[C@H]1C2. The van der Waals surface area contributed by atoms with Crippen molar-refractivity contribution in [2.75, 3.05) is 0 Å². The van der Waals surface area contributed by atoms with Gasteiger partial charge in [0.1, 0.15) is 17.5 Å². The fraction of sp³-hybridized carbons (Fsp3) is 0.810. The van der Waals surface area contributed by atoms with Gasteiger partial charge in [-0.15, -0.1) is 0 Å². The first-order chi connectivity index (χ1) is 12.4. The van der Waals surface area contributed by atoms with Crippen molar-refractivity contribution in [3.63, 3.8) is 0 Å². The smallest absolute Gasteiger partial charge is 0.286 e. The predicted octanol–water partition coefficient (Wildman–Crippen LogP) is 2.26. The number of hydrogen-bond acceptors (Lipinski definition) is 6. The molecule has 0 bridgehead atoms. The lowest BCUT2D eigenvalue weighted by Gasteiger charge is -2.67. The van der Waals surface area contributed by atoms with Crippen LogP contribution in [0.15, 0.2) is 11.5 Å². The molecule has 2 aliphatic carbocycles. The van der Waals surface area contributed by atoms with E-state index < -0.39 is 28.1 Å². The maximum Gasteiger partial charge on any atom is 0.286 e. The number of carbonyl (C=O) groups is 2. The molecular weight excluding hydrogens is 348 g/mol. The zero-order chi connectivity index (χ0) is 20.0. The summed E-state index contributed by atoms with van der Waals surface area (Å²) in [6, 6.07) is 0. The molecule has 2 N–H and O–H groups in total. The van der Waals surface area contributed by atoms with E-state index in [4.69, 9.17) is 9.47 Å². The van der Waals surface area contributed by atoms with Crippen LogP contribution in [-0.4, -0.2) is 45.2 Å². The second-order valence-corrected chi connectivity index (χ2v) is 9.92. The van der Waals surface area contributed by atoms with Crippen molar-refractivity contribution in [3.8, 4) is 0 Å². The quantitative estimate of drug-likeness (QED) is 0.672. The fourth-order valence-corrected chi connectivity index (χ4v) is 6.13. The number of allylic oxidation sites excluding steroid dienone is 1. The van der Waals surface area contributed by atoms with Gasteiger partial charge in [0, 0.05) is 24.2 Å². The molecule has 0 unspecified atom stereocenters. The highest BCUT2D eigenvalue weighted by molar-refractivity contribution is 5.97. The summed E-state index contributed by atoms with van der Waals surface area (Å²) in [5.41, 5.74) is -3.52. The second-order valence-electron chi connectivity index (χ2n) is 9.92. The molecule has 0 radical (unpaired) electrons. The number of fused-ring (bicyclic) bond motifs is 3.